The topological polar surface area (TPSA) is 12.0 Å². The standard InChI is InChI=1S/C17H27N/c1-5-10-18-16(15-12-17(15,3)4)11-14-9-7-6-8-13(14)2/h6-9,15-16,18H,5,10-12H2,1-4H3. The van der Waals surface area contributed by atoms with Crippen LogP contribution in [-0.2, 0) is 6.42 Å². The molecule has 18 heavy (non-hydrogen) atoms. The molecule has 1 fully saturated rings. The van der Waals surface area contributed by atoms with E-state index in [9.17, 15) is 0 Å². The third-order valence-corrected chi connectivity index (χ3v) is 4.43. The van der Waals surface area contributed by atoms with Crippen LogP contribution < -0.4 is 5.32 Å². The molecule has 0 bridgehead atoms. The van der Waals surface area contributed by atoms with Crippen molar-refractivity contribution in [2.45, 2.75) is 53.0 Å². The van der Waals surface area contributed by atoms with Crippen molar-refractivity contribution < 1.29 is 0 Å². The summed E-state index contributed by atoms with van der Waals surface area (Å²) >= 11 is 0. The minimum atomic E-state index is 0.550. The maximum absolute atomic E-state index is 3.76. The summed E-state index contributed by atoms with van der Waals surface area (Å²) in [6.07, 6.45) is 3.78. The normalized spacial score (nSPS) is 22.8. The molecule has 0 radical (unpaired) electrons. The molecular weight excluding hydrogens is 218 g/mol. The number of nitrogens with one attached hydrogen (secondary N) is 1. The van der Waals surface area contributed by atoms with Crippen LogP contribution in [0.5, 0.6) is 0 Å². The summed E-state index contributed by atoms with van der Waals surface area (Å²) in [6.45, 7) is 10.4. The first-order valence-electron chi connectivity index (χ1n) is 7.32. The first kappa shape index (κ1) is 13.6. The van der Waals surface area contributed by atoms with Crippen molar-refractivity contribution in [3.63, 3.8) is 0 Å². The maximum Gasteiger partial charge on any atom is 0.0141 e. The second-order valence-corrected chi connectivity index (χ2v) is 6.49. The Hall–Kier alpha value is -0.820. The van der Waals surface area contributed by atoms with Crippen molar-refractivity contribution in [3.05, 3.63) is 35.4 Å². The van der Waals surface area contributed by atoms with Gasteiger partial charge in [-0.2, -0.15) is 0 Å². The molecule has 1 heteroatoms. The van der Waals surface area contributed by atoms with E-state index in [0.29, 0.717) is 11.5 Å². The molecule has 1 aliphatic rings. The van der Waals surface area contributed by atoms with E-state index in [-0.39, 0.29) is 0 Å². The predicted molar refractivity (Wildman–Crippen MR) is 78.9 cm³/mol. The van der Waals surface area contributed by atoms with E-state index in [0.717, 1.165) is 12.5 Å². The van der Waals surface area contributed by atoms with Crippen molar-refractivity contribution in [3.8, 4) is 0 Å². The molecule has 0 heterocycles. The molecule has 1 aromatic carbocycles. The number of aryl methyl sites for hydroxylation is 1. The van der Waals surface area contributed by atoms with Gasteiger partial charge in [-0.25, -0.2) is 0 Å². The van der Waals surface area contributed by atoms with Gasteiger partial charge in [0.1, 0.15) is 0 Å². The quantitative estimate of drug-likeness (QED) is 0.800. The van der Waals surface area contributed by atoms with Gasteiger partial charge in [-0.15, -0.1) is 0 Å². The summed E-state index contributed by atoms with van der Waals surface area (Å²) in [6, 6.07) is 9.46. The highest BCUT2D eigenvalue weighted by atomic mass is 14.9. The molecule has 2 atom stereocenters. The Morgan fingerprint density at radius 3 is 2.56 bits per heavy atom. The molecule has 0 aromatic heterocycles. The molecule has 1 nitrogen and oxygen atoms in total. The average Bonchev–Trinajstić information content (AvgIpc) is 2.96. The minimum Gasteiger partial charge on any atom is -0.313 e. The Kier molecular flexibility index (Phi) is 4.11. The molecule has 2 rings (SSSR count). The SMILES string of the molecule is CCCNC(Cc1ccccc1C)C1CC1(C)C. The fraction of sp³-hybridized carbons (Fsp3) is 0.647. The molecule has 1 saturated carbocycles. The van der Waals surface area contributed by atoms with Gasteiger partial charge in [0.15, 0.2) is 0 Å². The lowest BCUT2D eigenvalue weighted by molar-refractivity contribution is 0.402. The van der Waals surface area contributed by atoms with E-state index < -0.39 is 0 Å². The smallest absolute Gasteiger partial charge is 0.0141 e. The summed E-state index contributed by atoms with van der Waals surface area (Å²) in [5.74, 6) is 0.851. The van der Waals surface area contributed by atoms with E-state index in [4.69, 9.17) is 0 Å². The molecular formula is C17H27N. The van der Waals surface area contributed by atoms with Gasteiger partial charge in [0.2, 0.25) is 0 Å². The molecule has 0 amide bonds. The molecule has 100 valence electrons. The maximum atomic E-state index is 3.76. The Balaban J connectivity index is 2.04. The van der Waals surface area contributed by atoms with E-state index in [1.807, 2.05) is 0 Å². The Morgan fingerprint density at radius 2 is 2.00 bits per heavy atom. The van der Waals surface area contributed by atoms with Crippen LogP contribution in [0.4, 0.5) is 0 Å². The lowest BCUT2D eigenvalue weighted by Crippen LogP contribution is -2.35. The van der Waals surface area contributed by atoms with Gasteiger partial charge in [0, 0.05) is 6.04 Å². The predicted octanol–water partition coefficient (Wildman–Crippen LogP) is 3.95. The summed E-state index contributed by atoms with van der Waals surface area (Å²) < 4.78 is 0. The molecule has 0 aliphatic heterocycles. The van der Waals surface area contributed by atoms with Gasteiger partial charge >= 0.3 is 0 Å². The van der Waals surface area contributed by atoms with Gasteiger partial charge in [-0.1, -0.05) is 45.0 Å². The first-order chi connectivity index (χ1) is 8.54. The zero-order chi connectivity index (χ0) is 13.2. The Labute approximate surface area is 112 Å². The van der Waals surface area contributed by atoms with Gasteiger partial charge in [0.05, 0.1) is 0 Å². The Morgan fingerprint density at radius 1 is 1.33 bits per heavy atom. The molecule has 1 N–H and O–H groups in total. The van der Waals surface area contributed by atoms with Gasteiger partial charge in [-0.05, 0) is 55.2 Å². The van der Waals surface area contributed by atoms with Crippen molar-refractivity contribution in [2.24, 2.45) is 11.3 Å². The lowest BCUT2D eigenvalue weighted by atomic mass is 9.95. The largest absolute Gasteiger partial charge is 0.313 e. The number of benzene rings is 1. The van der Waals surface area contributed by atoms with E-state index in [1.165, 1.54) is 30.4 Å². The van der Waals surface area contributed by atoms with E-state index in [1.54, 1.807) is 0 Å². The molecule has 2 unspecified atom stereocenters. The van der Waals surface area contributed by atoms with E-state index >= 15 is 0 Å². The molecule has 0 saturated heterocycles. The fourth-order valence-corrected chi connectivity index (χ4v) is 2.96. The second kappa shape index (κ2) is 5.44. The summed E-state index contributed by atoms with van der Waals surface area (Å²) in [4.78, 5) is 0. The lowest BCUT2D eigenvalue weighted by Gasteiger charge is -2.21. The van der Waals surface area contributed by atoms with Crippen LogP contribution in [0.2, 0.25) is 0 Å². The van der Waals surface area contributed by atoms with Crippen molar-refractivity contribution in [1.82, 2.24) is 5.32 Å². The third kappa shape index (κ3) is 3.14. The summed E-state index contributed by atoms with van der Waals surface area (Å²) in [7, 11) is 0. The molecule has 0 spiro atoms. The van der Waals surface area contributed by atoms with Crippen LogP contribution in [0.3, 0.4) is 0 Å². The monoisotopic (exact) mass is 245 g/mol. The zero-order valence-electron chi connectivity index (χ0n) is 12.3. The van der Waals surface area contributed by atoms with Crippen LogP contribution in [0, 0.1) is 18.3 Å². The van der Waals surface area contributed by atoms with Crippen molar-refractivity contribution in [1.29, 1.82) is 0 Å². The van der Waals surface area contributed by atoms with Gasteiger partial charge < -0.3 is 5.32 Å². The Bertz CT molecular complexity index is 394. The highest BCUT2D eigenvalue weighted by Crippen LogP contribution is 2.54. The third-order valence-electron chi connectivity index (χ3n) is 4.43. The minimum absolute atomic E-state index is 0.550. The van der Waals surface area contributed by atoms with E-state index in [2.05, 4.69) is 57.3 Å². The van der Waals surface area contributed by atoms with Crippen LogP contribution in [0.25, 0.3) is 0 Å². The number of hydrogen-bond donors (Lipinski definition) is 1. The number of rotatable bonds is 6. The van der Waals surface area contributed by atoms with Crippen LogP contribution >= 0.6 is 0 Å². The van der Waals surface area contributed by atoms with Crippen LogP contribution in [0.1, 0.15) is 44.7 Å². The van der Waals surface area contributed by atoms with Crippen molar-refractivity contribution >= 4 is 0 Å². The summed E-state index contributed by atoms with van der Waals surface area (Å²) in [5, 5.41) is 3.76. The van der Waals surface area contributed by atoms with Crippen molar-refractivity contribution in [2.75, 3.05) is 6.54 Å². The van der Waals surface area contributed by atoms with Crippen LogP contribution in [0.15, 0.2) is 24.3 Å². The second-order valence-electron chi connectivity index (χ2n) is 6.49. The zero-order valence-corrected chi connectivity index (χ0v) is 12.3. The summed E-state index contributed by atoms with van der Waals surface area (Å²) in [5.41, 5.74) is 3.49. The molecule has 1 aliphatic carbocycles. The first-order valence-corrected chi connectivity index (χ1v) is 7.32. The fourth-order valence-electron chi connectivity index (χ4n) is 2.96. The van der Waals surface area contributed by atoms with Gasteiger partial charge in [0.25, 0.3) is 0 Å². The highest BCUT2D eigenvalue weighted by Gasteiger charge is 2.49. The average molecular weight is 245 g/mol. The van der Waals surface area contributed by atoms with Crippen LogP contribution in [-0.4, -0.2) is 12.6 Å². The molecule has 1 aromatic rings. The number of hydrogen-bond acceptors (Lipinski definition) is 1. The van der Waals surface area contributed by atoms with Gasteiger partial charge in [-0.3, -0.25) is 0 Å². The highest BCUT2D eigenvalue weighted by molar-refractivity contribution is 5.27.